The van der Waals surface area contributed by atoms with E-state index in [1.807, 2.05) is 26.0 Å². The van der Waals surface area contributed by atoms with Gasteiger partial charge < -0.3 is 5.11 Å². The van der Waals surface area contributed by atoms with Gasteiger partial charge in [-0.3, -0.25) is 19.9 Å². The molecule has 116 valence electrons. The molecule has 0 bridgehead atoms. The number of piperazine rings is 1. The van der Waals surface area contributed by atoms with E-state index in [-0.39, 0.29) is 10.6 Å². The second kappa shape index (κ2) is 6.51. The van der Waals surface area contributed by atoms with Gasteiger partial charge in [-0.15, -0.1) is 0 Å². The van der Waals surface area contributed by atoms with Gasteiger partial charge >= 0.3 is 0 Å². The van der Waals surface area contributed by atoms with E-state index in [1.165, 1.54) is 0 Å². The fourth-order valence-electron chi connectivity index (χ4n) is 2.72. The molecule has 0 atom stereocenters. The molecular weight excluding hydrogens is 270 g/mol. The number of β-amino-alcohol motifs (C(OH)–C–C–N with tert-alkyl or cyclic N) is 1. The molecule has 1 fully saturated rings. The molecule has 1 aliphatic rings. The van der Waals surface area contributed by atoms with Crippen LogP contribution in [0.15, 0.2) is 24.3 Å². The summed E-state index contributed by atoms with van der Waals surface area (Å²) in [6.07, 6.45) is 0. The molecule has 1 aromatic rings. The average molecular weight is 293 g/mol. The summed E-state index contributed by atoms with van der Waals surface area (Å²) < 4.78 is 0. The molecule has 1 N–H and O–H groups in total. The van der Waals surface area contributed by atoms with E-state index < -0.39 is 5.60 Å². The molecule has 6 heteroatoms. The molecule has 0 aromatic heterocycles. The van der Waals surface area contributed by atoms with E-state index in [9.17, 15) is 15.2 Å². The van der Waals surface area contributed by atoms with Gasteiger partial charge in [0.2, 0.25) is 0 Å². The predicted molar refractivity (Wildman–Crippen MR) is 81.1 cm³/mol. The van der Waals surface area contributed by atoms with E-state index in [0.717, 1.165) is 31.7 Å². The van der Waals surface area contributed by atoms with Gasteiger partial charge in [-0.2, -0.15) is 0 Å². The van der Waals surface area contributed by atoms with Crippen molar-refractivity contribution in [1.82, 2.24) is 9.80 Å². The Morgan fingerprint density at radius 1 is 1.19 bits per heavy atom. The molecule has 0 saturated carbocycles. The van der Waals surface area contributed by atoms with Gasteiger partial charge in [0.1, 0.15) is 0 Å². The van der Waals surface area contributed by atoms with Crippen molar-refractivity contribution in [3.05, 3.63) is 39.9 Å². The van der Waals surface area contributed by atoms with Crippen LogP contribution in [0.4, 0.5) is 5.69 Å². The van der Waals surface area contributed by atoms with Crippen LogP contribution in [0.25, 0.3) is 0 Å². The van der Waals surface area contributed by atoms with E-state index in [0.29, 0.717) is 13.1 Å². The maximum Gasteiger partial charge on any atom is 0.273 e. The minimum absolute atomic E-state index is 0.191. The van der Waals surface area contributed by atoms with Gasteiger partial charge in [0.15, 0.2) is 0 Å². The second-order valence-corrected chi connectivity index (χ2v) is 6.25. The molecule has 1 aliphatic heterocycles. The largest absolute Gasteiger partial charge is 0.389 e. The molecule has 1 heterocycles. The predicted octanol–water partition coefficient (Wildman–Crippen LogP) is 1.48. The molecule has 6 nitrogen and oxygen atoms in total. The number of para-hydroxylation sites is 1. The van der Waals surface area contributed by atoms with Gasteiger partial charge in [-0.25, -0.2) is 0 Å². The topological polar surface area (TPSA) is 69.8 Å². The first-order chi connectivity index (χ1) is 9.85. The van der Waals surface area contributed by atoms with Crippen LogP contribution in [0, 0.1) is 10.1 Å². The normalized spacial score (nSPS) is 17.9. The number of benzene rings is 1. The Balaban J connectivity index is 1.91. The smallest absolute Gasteiger partial charge is 0.273 e. The fourth-order valence-corrected chi connectivity index (χ4v) is 2.72. The maximum atomic E-state index is 11.0. The molecule has 1 aromatic carbocycles. The van der Waals surface area contributed by atoms with Crippen molar-refractivity contribution < 1.29 is 10.0 Å². The SMILES string of the molecule is CC(C)(O)CN1CCN(Cc2ccccc2[N+](=O)[O-])CC1. The maximum absolute atomic E-state index is 11.0. The van der Waals surface area contributed by atoms with E-state index >= 15 is 0 Å². The third-order valence-electron chi connectivity index (χ3n) is 3.66. The van der Waals surface area contributed by atoms with Crippen molar-refractivity contribution in [2.45, 2.75) is 26.0 Å². The van der Waals surface area contributed by atoms with Crippen LogP contribution in [0.1, 0.15) is 19.4 Å². The van der Waals surface area contributed by atoms with Gasteiger partial charge in [0.05, 0.1) is 10.5 Å². The van der Waals surface area contributed by atoms with Crippen LogP contribution in [-0.4, -0.2) is 58.2 Å². The minimum Gasteiger partial charge on any atom is -0.389 e. The zero-order chi connectivity index (χ0) is 15.5. The Morgan fingerprint density at radius 3 is 2.33 bits per heavy atom. The number of nitro groups is 1. The van der Waals surface area contributed by atoms with Crippen molar-refractivity contribution in [2.24, 2.45) is 0 Å². The highest BCUT2D eigenvalue weighted by Gasteiger charge is 2.24. The lowest BCUT2D eigenvalue weighted by molar-refractivity contribution is -0.385. The fraction of sp³-hybridized carbons (Fsp3) is 0.600. The number of aliphatic hydroxyl groups is 1. The van der Waals surface area contributed by atoms with E-state index in [1.54, 1.807) is 12.1 Å². The summed E-state index contributed by atoms with van der Waals surface area (Å²) in [6, 6.07) is 6.91. The molecule has 0 aliphatic carbocycles. The van der Waals surface area contributed by atoms with Crippen molar-refractivity contribution in [3.8, 4) is 0 Å². The molecule has 2 rings (SSSR count). The first-order valence-corrected chi connectivity index (χ1v) is 7.24. The molecule has 0 radical (unpaired) electrons. The lowest BCUT2D eigenvalue weighted by atomic mass is 10.1. The molecule has 0 spiro atoms. The van der Waals surface area contributed by atoms with E-state index in [4.69, 9.17) is 0 Å². The van der Waals surface area contributed by atoms with Crippen molar-refractivity contribution in [3.63, 3.8) is 0 Å². The Bertz CT molecular complexity index is 491. The number of hydrogen-bond acceptors (Lipinski definition) is 5. The molecule has 1 saturated heterocycles. The van der Waals surface area contributed by atoms with Crippen LogP contribution in [0.3, 0.4) is 0 Å². The third-order valence-corrected chi connectivity index (χ3v) is 3.66. The Hall–Kier alpha value is -1.50. The van der Waals surface area contributed by atoms with Gasteiger partial charge in [0, 0.05) is 50.9 Å². The Morgan fingerprint density at radius 2 is 1.76 bits per heavy atom. The lowest BCUT2D eigenvalue weighted by Gasteiger charge is -2.37. The minimum atomic E-state index is -0.680. The molecular formula is C15H23N3O3. The lowest BCUT2D eigenvalue weighted by Crippen LogP contribution is -2.50. The highest BCUT2D eigenvalue weighted by molar-refractivity contribution is 5.39. The number of nitrogens with zero attached hydrogens (tertiary/aromatic N) is 3. The number of nitro benzene ring substituents is 1. The number of rotatable bonds is 5. The Kier molecular flexibility index (Phi) is 4.92. The summed E-state index contributed by atoms with van der Waals surface area (Å²) in [5.41, 5.74) is 0.273. The van der Waals surface area contributed by atoms with Gasteiger partial charge in [-0.05, 0) is 13.8 Å². The second-order valence-electron chi connectivity index (χ2n) is 6.25. The van der Waals surface area contributed by atoms with Crippen LogP contribution >= 0.6 is 0 Å². The first-order valence-electron chi connectivity index (χ1n) is 7.24. The monoisotopic (exact) mass is 293 g/mol. The summed E-state index contributed by atoms with van der Waals surface area (Å²) in [5.74, 6) is 0. The summed E-state index contributed by atoms with van der Waals surface area (Å²) in [5, 5.41) is 20.9. The van der Waals surface area contributed by atoms with Crippen molar-refractivity contribution in [1.29, 1.82) is 0 Å². The van der Waals surface area contributed by atoms with Crippen molar-refractivity contribution in [2.75, 3.05) is 32.7 Å². The van der Waals surface area contributed by atoms with Gasteiger partial charge in [-0.1, -0.05) is 18.2 Å². The van der Waals surface area contributed by atoms with E-state index in [2.05, 4.69) is 9.80 Å². The summed E-state index contributed by atoms with van der Waals surface area (Å²) >= 11 is 0. The van der Waals surface area contributed by atoms with Crippen LogP contribution in [-0.2, 0) is 6.54 Å². The summed E-state index contributed by atoms with van der Waals surface area (Å²) in [4.78, 5) is 15.2. The number of hydrogen-bond donors (Lipinski definition) is 1. The van der Waals surface area contributed by atoms with Crippen LogP contribution < -0.4 is 0 Å². The molecule has 0 amide bonds. The third kappa shape index (κ3) is 4.77. The van der Waals surface area contributed by atoms with Gasteiger partial charge in [0.25, 0.3) is 5.69 Å². The van der Waals surface area contributed by atoms with Crippen LogP contribution in [0.2, 0.25) is 0 Å². The zero-order valence-electron chi connectivity index (χ0n) is 12.7. The Labute approximate surface area is 125 Å². The first kappa shape index (κ1) is 15.9. The molecule has 0 unspecified atom stereocenters. The summed E-state index contributed by atoms with van der Waals surface area (Å²) in [6.45, 7) is 8.37. The van der Waals surface area contributed by atoms with Crippen molar-refractivity contribution >= 4 is 5.69 Å². The highest BCUT2D eigenvalue weighted by atomic mass is 16.6. The average Bonchev–Trinajstić information content (AvgIpc) is 2.40. The zero-order valence-corrected chi connectivity index (χ0v) is 12.7. The highest BCUT2D eigenvalue weighted by Crippen LogP contribution is 2.20. The standard InChI is InChI=1S/C15H23N3O3/c1-15(2,19)12-17-9-7-16(8-10-17)11-13-5-3-4-6-14(13)18(20)21/h3-6,19H,7-12H2,1-2H3. The summed E-state index contributed by atoms with van der Waals surface area (Å²) in [7, 11) is 0. The molecule has 21 heavy (non-hydrogen) atoms. The van der Waals surface area contributed by atoms with Crippen LogP contribution in [0.5, 0.6) is 0 Å². The quantitative estimate of drug-likeness (QED) is 0.658.